The lowest BCUT2D eigenvalue weighted by Crippen LogP contribution is -2.24. The molecular formula is C9H12ClN3O2. The summed E-state index contributed by atoms with van der Waals surface area (Å²) in [5, 5.41) is 6.95. The summed E-state index contributed by atoms with van der Waals surface area (Å²) >= 11 is 5.36. The molecule has 82 valence electrons. The number of rotatable bonds is 3. The third-order valence-electron chi connectivity index (χ3n) is 2.15. The molecule has 0 bridgehead atoms. The molecule has 15 heavy (non-hydrogen) atoms. The minimum atomic E-state index is -0.191. The van der Waals surface area contributed by atoms with Crippen molar-refractivity contribution >= 4 is 17.5 Å². The summed E-state index contributed by atoms with van der Waals surface area (Å²) in [6.45, 7) is 2.01. The van der Waals surface area contributed by atoms with Crippen molar-refractivity contribution in [3.8, 4) is 5.88 Å². The van der Waals surface area contributed by atoms with Gasteiger partial charge in [0.15, 0.2) is 0 Å². The van der Waals surface area contributed by atoms with Crippen LogP contribution in [0.1, 0.15) is 12.1 Å². The Bertz CT molecular complexity index is 341. The Labute approximate surface area is 92.4 Å². The Morgan fingerprint density at radius 1 is 1.73 bits per heavy atom. The van der Waals surface area contributed by atoms with Crippen molar-refractivity contribution in [2.24, 2.45) is 0 Å². The fourth-order valence-electron chi connectivity index (χ4n) is 1.44. The molecule has 0 aliphatic carbocycles. The van der Waals surface area contributed by atoms with E-state index in [2.05, 4.69) is 10.4 Å². The van der Waals surface area contributed by atoms with E-state index in [4.69, 9.17) is 16.3 Å². The Balaban J connectivity index is 1.97. The molecule has 2 rings (SSSR count). The zero-order chi connectivity index (χ0) is 10.7. The number of ether oxygens (including phenoxy) is 1. The monoisotopic (exact) mass is 229 g/mol. The average Bonchev–Trinajstić information content (AvgIpc) is 2.68. The first kappa shape index (κ1) is 10.3. The number of nitrogens with one attached hydrogen (secondary N) is 1. The zero-order valence-electron chi connectivity index (χ0n) is 8.20. The maximum absolute atomic E-state index is 10.9. The molecule has 1 N–H and O–H groups in total. The smallest absolute Gasteiger partial charge is 0.235 e. The van der Waals surface area contributed by atoms with Gasteiger partial charge >= 0.3 is 0 Å². The van der Waals surface area contributed by atoms with E-state index in [9.17, 15) is 4.79 Å². The Morgan fingerprint density at radius 2 is 2.60 bits per heavy atom. The first-order chi connectivity index (χ1) is 7.29. The van der Waals surface area contributed by atoms with Crippen LogP contribution in [0.15, 0.2) is 6.07 Å². The molecule has 0 unspecified atom stereocenters. The molecule has 2 heterocycles. The van der Waals surface area contributed by atoms with Gasteiger partial charge in [0.25, 0.3) is 0 Å². The molecule has 0 fully saturated rings. The summed E-state index contributed by atoms with van der Waals surface area (Å²) in [5.74, 6) is 0.560. The van der Waals surface area contributed by atoms with E-state index < -0.39 is 0 Å². The molecule has 0 aromatic carbocycles. The largest absolute Gasteiger partial charge is 0.478 e. The van der Waals surface area contributed by atoms with E-state index in [0.717, 1.165) is 31.1 Å². The number of alkyl halides is 1. The van der Waals surface area contributed by atoms with Crippen LogP contribution in [-0.4, -0.2) is 28.2 Å². The number of amides is 1. The van der Waals surface area contributed by atoms with Crippen molar-refractivity contribution in [3.63, 3.8) is 0 Å². The van der Waals surface area contributed by atoms with Gasteiger partial charge in [0.2, 0.25) is 11.8 Å². The normalized spacial score (nSPS) is 14.2. The zero-order valence-corrected chi connectivity index (χ0v) is 8.96. The van der Waals surface area contributed by atoms with Crippen molar-refractivity contribution in [2.45, 2.75) is 19.5 Å². The molecule has 0 spiro atoms. The van der Waals surface area contributed by atoms with Gasteiger partial charge in [0, 0.05) is 19.0 Å². The summed E-state index contributed by atoms with van der Waals surface area (Å²) in [4.78, 5) is 10.9. The Kier molecular flexibility index (Phi) is 3.11. The Morgan fingerprint density at radius 3 is 3.33 bits per heavy atom. The SMILES string of the molecule is O=C(CCl)NCc1cc2n(n1)CCCO2. The molecule has 0 saturated carbocycles. The van der Waals surface area contributed by atoms with Gasteiger partial charge in [-0.05, 0) is 0 Å². The predicted octanol–water partition coefficient (Wildman–Crippen LogP) is 0.521. The molecule has 1 aromatic heterocycles. The summed E-state index contributed by atoms with van der Waals surface area (Å²) in [6, 6.07) is 1.84. The third kappa shape index (κ3) is 2.41. The van der Waals surface area contributed by atoms with Gasteiger partial charge in [-0.3, -0.25) is 4.79 Å². The highest BCUT2D eigenvalue weighted by molar-refractivity contribution is 6.27. The van der Waals surface area contributed by atoms with Crippen LogP contribution >= 0.6 is 11.6 Å². The summed E-state index contributed by atoms with van der Waals surface area (Å²) < 4.78 is 7.21. The number of aromatic nitrogens is 2. The van der Waals surface area contributed by atoms with Gasteiger partial charge in [-0.2, -0.15) is 5.10 Å². The molecule has 0 atom stereocenters. The van der Waals surface area contributed by atoms with Gasteiger partial charge in [-0.1, -0.05) is 0 Å². The number of fused-ring (bicyclic) bond motifs is 1. The molecule has 1 amide bonds. The summed E-state index contributed by atoms with van der Waals surface area (Å²) in [7, 11) is 0. The second-order valence-electron chi connectivity index (χ2n) is 3.31. The van der Waals surface area contributed by atoms with Crippen LogP contribution in [0.4, 0.5) is 0 Å². The highest BCUT2D eigenvalue weighted by Crippen LogP contribution is 2.17. The molecular weight excluding hydrogens is 218 g/mol. The van der Waals surface area contributed by atoms with E-state index in [1.807, 2.05) is 10.7 Å². The molecule has 0 saturated heterocycles. The van der Waals surface area contributed by atoms with Crippen LogP contribution in [0.25, 0.3) is 0 Å². The second kappa shape index (κ2) is 4.53. The van der Waals surface area contributed by atoms with Gasteiger partial charge in [-0.25, -0.2) is 4.68 Å². The second-order valence-corrected chi connectivity index (χ2v) is 3.58. The standard InChI is InChI=1S/C9H12ClN3O2/c10-5-8(14)11-6-7-4-9-13(12-7)2-1-3-15-9/h4H,1-3,5-6H2,(H,11,14). The molecule has 5 nitrogen and oxygen atoms in total. The van der Waals surface area contributed by atoms with E-state index in [1.165, 1.54) is 0 Å². The van der Waals surface area contributed by atoms with E-state index in [-0.39, 0.29) is 11.8 Å². The topological polar surface area (TPSA) is 56.2 Å². The van der Waals surface area contributed by atoms with E-state index >= 15 is 0 Å². The minimum absolute atomic E-state index is 0.0237. The first-order valence-electron chi connectivity index (χ1n) is 4.82. The maximum Gasteiger partial charge on any atom is 0.235 e. The predicted molar refractivity (Wildman–Crippen MR) is 54.9 cm³/mol. The number of halogens is 1. The van der Waals surface area contributed by atoms with E-state index in [1.54, 1.807) is 0 Å². The molecule has 1 aliphatic heterocycles. The number of aryl methyl sites for hydroxylation is 1. The Hall–Kier alpha value is -1.23. The molecule has 1 aliphatic rings. The lowest BCUT2D eigenvalue weighted by Gasteiger charge is -2.13. The van der Waals surface area contributed by atoms with Crippen LogP contribution in [0.2, 0.25) is 0 Å². The van der Waals surface area contributed by atoms with Gasteiger partial charge in [0.05, 0.1) is 18.8 Å². The minimum Gasteiger partial charge on any atom is -0.478 e. The number of hydrogen-bond donors (Lipinski definition) is 1. The number of carbonyl (C=O) groups excluding carboxylic acids is 1. The molecule has 0 radical (unpaired) electrons. The van der Waals surface area contributed by atoms with Crippen LogP contribution in [0.5, 0.6) is 5.88 Å². The quantitative estimate of drug-likeness (QED) is 0.769. The van der Waals surface area contributed by atoms with Crippen LogP contribution in [0.3, 0.4) is 0 Å². The van der Waals surface area contributed by atoms with Crippen LogP contribution in [-0.2, 0) is 17.9 Å². The first-order valence-corrected chi connectivity index (χ1v) is 5.35. The van der Waals surface area contributed by atoms with Gasteiger partial charge < -0.3 is 10.1 Å². The number of carbonyl (C=O) groups is 1. The van der Waals surface area contributed by atoms with Crippen LogP contribution < -0.4 is 10.1 Å². The highest BCUT2D eigenvalue weighted by atomic mass is 35.5. The summed E-state index contributed by atoms with van der Waals surface area (Å²) in [6.07, 6.45) is 0.974. The summed E-state index contributed by atoms with van der Waals surface area (Å²) in [5.41, 5.74) is 0.797. The number of nitrogens with zero attached hydrogens (tertiary/aromatic N) is 2. The van der Waals surface area contributed by atoms with Crippen molar-refractivity contribution < 1.29 is 9.53 Å². The van der Waals surface area contributed by atoms with Crippen molar-refractivity contribution in [1.29, 1.82) is 0 Å². The maximum atomic E-state index is 10.9. The van der Waals surface area contributed by atoms with Gasteiger partial charge in [-0.15, -0.1) is 11.6 Å². The fourth-order valence-corrected chi connectivity index (χ4v) is 1.53. The van der Waals surface area contributed by atoms with Crippen molar-refractivity contribution in [1.82, 2.24) is 15.1 Å². The molecule has 6 heteroatoms. The van der Waals surface area contributed by atoms with Crippen molar-refractivity contribution in [3.05, 3.63) is 11.8 Å². The highest BCUT2D eigenvalue weighted by Gasteiger charge is 2.13. The molecule has 1 aromatic rings. The lowest BCUT2D eigenvalue weighted by molar-refractivity contribution is -0.118. The van der Waals surface area contributed by atoms with Crippen LogP contribution in [0, 0.1) is 0 Å². The van der Waals surface area contributed by atoms with Gasteiger partial charge in [0.1, 0.15) is 5.88 Å². The number of hydrogen-bond acceptors (Lipinski definition) is 3. The fraction of sp³-hybridized carbons (Fsp3) is 0.556. The lowest BCUT2D eigenvalue weighted by atomic mass is 10.4. The third-order valence-corrected chi connectivity index (χ3v) is 2.39. The van der Waals surface area contributed by atoms with Crippen molar-refractivity contribution in [2.75, 3.05) is 12.5 Å². The van der Waals surface area contributed by atoms with E-state index in [0.29, 0.717) is 6.54 Å². The average molecular weight is 230 g/mol.